The van der Waals surface area contributed by atoms with Gasteiger partial charge in [-0.15, -0.1) is 0 Å². The number of benzene rings is 2. The molecule has 0 radical (unpaired) electrons. The van der Waals surface area contributed by atoms with E-state index in [9.17, 15) is 4.79 Å². The first-order chi connectivity index (χ1) is 12.6. The minimum absolute atomic E-state index is 0.209. The highest BCUT2D eigenvalue weighted by molar-refractivity contribution is 6.03. The lowest BCUT2D eigenvalue weighted by Gasteiger charge is -2.23. The summed E-state index contributed by atoms with van der Waals surface area (Å²) in [6.07, 6.45) is 1.75. The molecule has 0 atom stereocenters. The topological polar surface area (TPSA) is 45.2 Å². The average Bonchev–Trinajstić information content (AvgIpc) is 2.65. The molecule has 132 valence electrons. The normalized spacial score (nSPS) is 10.4. The predicted octanol–water partition coefficient (Wildman–Crippen LogP) is 5.11. The molecule has 0 fully saturated rings. The lowest BCUT2D eigenvalue weighted by molar-refractivity contribution is 0.102. The van der Waals surface area contributed by atoms with E-state index in [1.165, 1.54) is 5.56 Å². The lowest BCUT2D eigenvalue weighted by atomic mass is 10.2. The molecule has 0 aliphatic carbocycles. The van der Waals surface area contributed by atoms with Crippen LogP contribution in [0.25, 0.3) is 0 Å². The van der Waals surface area contributed by atoms with E-state index in [4.69, 9.17) is 0 Å². The van der Waals surface area contributed by atoms with Crippen molar-refractivity contribution in [2.24, 2.45) is 0 Å². The summed E-state index contributed by atoms with van der Waals surface area (Å²) in [5.41, 5.74) is 5.61. The second-order valence-corrected chi connectivity index (χ2v) is 6.31. The third-order valence-corrected chi connectivity index (χ3v) is 4.23. The summed E-state index contributed by atoms with van der Waals surface area (Å²) in [6, 6.07) is 19.7. The van der Waals surface area contributed by atoms with Crippen LogP contribution >= 0.6 is 0 Å². The molecule has 0 unspecified atom stereocenters. The highest BCUT2D eigenvalue weighted by Gasteiger charge is 2.11. The molecule has 2 aromatic carbocycles. The highest BCUT2D eigenvalue weighted by atomic mass is 16.1. The standard InChI is InChI=1S/C22H23N3O/c1-4-25(19-7-5-6-17(3)14-19)20-12-13-21(23-15-20)22(26)24-18-10-8-16(2)9-11-18/h5-15H,4H2,1-3H3,(H,24,26). The molecule has 3 aromatic rings. The van der Waals surface area contributed by atoms with E-state index in [0.29, 0.717) is 5.69 Å². The summed E-state index contributed by atoms with van der Waals surface area (Å²) in [7, 11) is 0. The first-order valence-electron chi connectivity index (χ1n) is 8.75. The minimum Gasteiger partial charge on any atom is -0.341 e. The molecular formula is C22H23N3O. The molecule has 26 heavy (non-hydrogen) atoms. The molecule has 1 heterocycles. The average molecular weight is 345 g/mol. The van der Waals surface area contributed by atoms with Crippen molar-refractivity contribution < 1.29 is 4.79 Å². The van der Waals surface area contributed by atoms with Crippen LogP contribution in [0.4, 0.5) is 17.1 Å². The van der Waals surface area contributed by atoms with Crippen LogP contribution in [0.1, 0.15) is 28.5 Å². The Kier molecular flexibility index (Phi) is 5.32. The van der Waals surface area contributed by atoms with Crippen molar-refractivity contribution in [3.8, 4) is 0 Å². The van der Waals surface area contributed by atoms with E-state index in [1.807, 2.05) is 43.3 Å². The van der Waals surface area contributed by atoms with Crippen LogP contribution in [0.3, 0.4) is 0 Å². The minimum atomic E-state index is -0.209. The van der Waals surface area contributed by atoms with Crippen LogP contribution in [0, 0.1) is 13.8 Å². The Hall–Kier alpha value is -3.14. The zero-order chi connectivity index (χ0) is 18.5. The molecule has 0 aliphatic heterocycles. The molecule has 0 spiro atoms. The van der Waals surface area contributed by atoms with Crippen LogP contribution in [0.5, 0.6) is 0 Å². The maximum atomic E-state index is 12.4. The zero-order valence-electron chi connectivity index (χ0n) is 15.4. The zero-order valence-corrected chi connectivity index (χ0v) is 15.4. The van der Waals surface area contributed by atoms with Crippen molar-refractivity contribution in [3.05, 3.63) is 83.7 Å². The van der Waals surface area contributed by atoms with Gasteiger partial charge < -0.3 is 10.2 Å². The van der Waals surface area contributed by atoms with Crippen LogP contribution < -0.4 is 10.2 Å². The van der Waals surface area contributed by atoms with Crippen LogP contribution in [0.15, 0.2) is 66.9 Å². The third-order valence-electron chi connectivity index (χ3n) is 4.23. The van der Waals surface area contributed by atoms with Gasteiger partial charge in [-0.3, -0.25) is 4.79 Å². The van der Waals surface area contributed by atoms with Gasteiger partial charge in [0.1, 0.15) is 5.69 Å². The van der Waals surface area contributed by atoms with Crippen LogP contribution in [-0.4, -0.2) is 17.4 Å². The molecule has 0 saturated carbocycles. The Morgan fingerprint density at radius 3 is 2.35 bits per heavy atom. The second kappa shape index (κ2) is 7.83. The third kappa shape index (κ3) is 4.09. The highest BCUT2D eigenvalue weighted by Crippen LogP contribution is 2.25. The summed E-state index contributed by atoms with van der Waals surface area (Å²) in [5.74, 6) is -0.209. The molecule has 0 bridgehead atoms. The van der Waals surface area contributed by atoms with Crippen molar-refractivity contribution in [2.45, 2.75) is 20.8 Å². The number of hydrogen-bond acceptors (Lipinski definition) is 3. The number of aryl methyl sites for hydroxylation is 2. The summed E-state index contributed by atoms with van der Waals surface area (Å²) in [6.45, 7) is 7.01. The predicted molar refractivity (Wildman–Crippen MR) is 107 cm³/mol. The smallest absolute Gasteiger partial charge is 0.274 e. The fourth-order valence-electron chi connectivity index (χ4n) is 2.82. The van der Waals surface area contributed by atoms with E-state index in [1.54, 1.807) is 12.3 Å². The molecule has 4 nitrogen and oxygen atoms in total. The van der Waals surface area contributed by atoms with Crippen molar-refractivity contribution in [1.29, 1.82) is 0 Å². The van der Waals surface area contributed by atoms with Crippen molar-refractivity contribution in [2.75, 3.05) is 16.8 Å². The first kappa shape index (κ1) is 17.7. The number of carbonyl (C=O) groups is 1. The SMILES string of the molecule is CCN(c1ccc(C(=O)Nc2ccc(C)cc2)nc1)c1cccc(C)c1. The largest absolute Gasteiger partial charge is 0.341 e. The lowest BCUT2D eigenvalue weighted by Crippen LogP contribution is -2.18. The Morgan fingerprint density at radius 1 is 0.962 bits per heavy atom. The number of amides is 1. The fraction of sp³-hybridized carbons (Fsp3) is 0.182. The molecular weight excluding hydrogens is 322 g/mol. The van der Waals surface area contributed by atoms with Gasteiger partial charge in [-0.25, -0.2) is 4.98 Å². The van der Waals surface area contributed by atoms with Crippen molar-refractivity contribution >= 4 is 23.0 Å². The monoisotopic (exact) mass is 345 g/mol. The molecule has 1 aromatic heterocycles. The van der Waals surface area contributed by atoms with Gasteiger partial charge >= 0.3 is 0 Å². The van der Waals surface area contributed by atoms with Gasteiger partial charge in [0.05, 0.1) is 11.9 Å². The molecule has 1 amide bonds. The van der Waals surface area contributed by atoms with Crippen molar-refractivity contribution in [1.82, 2.24) is 4.98 Å². The summed E-state index contributed by atoms with van der Waals surface area (Å²) >= 11 is 0. The van der Waals surface area contributed by atoms with Gasteiger partial charge in [0.2, 0.25) is 0 Å². The maximum absolute atomic E-state index is 12.4. The second-order valence-electron chi connectivity index (χ2n) is 6.31. The summed E-state index contributed by atoms with van der Waals surface area (Å²) < 4.78 is 0. The fourth-order valence-corrected chi connectivity index (χ4v) is 2.82. The Balaban J connectivity index is 1.76. The van der Waals surface area contributed by atoms with Gasteiger partial charge in [0.15, 0.2) is 0 Å². The number of anilines is 3. The molecule has 0 aliphatic rings. The van der Waals surface area contributed by atoms with Crippen LogP contribution in [0.2, 0.25) is 0 Å². The molecule has 0 saturated heterocycles. The summed E-state index contributed by atoms with van der Waals surface area (Å²) in [4.78, 5) is 18.9. The number of nitrogens with one attached hydrogen (secondary N) is 1. The first-order valence-corrected chi connectivity index (χ1v) is 8.75. The van der Waals surface area contributed by atoms with E-state index < -0.39 is 0 Å². The van der Waals surface area contributed by atoms with Gasteiger partial charge in [-0.2, -0.15) is 0 Å². The molecule has 1 N–H and O–H groups in total. The maximum Gasteiger partial charge on any atom is 0.274 e. The Bertz CT molecular complexity index is 886. The van der Waals surface area contributed by atoms with Gasteiger partial charge in [-0.05, 0) is 62.7 Å². The van der Waals surface area contributed by atoms with Gasteiger partial charge in [0, 0.05) is 17.9 Å². The van der Waals surface area contributed by atoms with Crippen LogP contribution in [-0.2, 0) is 0 Å². The van der Waals surface area contributed by atoms with E-state index in [2.05, 4.69) is 47.2 Å². The number of pyridine rings is 1. The quantitative estimate of drug-likeness (QED) is 0.699. The number of rotatable bonds is 5. The Labute approximate surface area is 154 Å². The number of aromatic nitrogens is 1. The van der Waals surface area contributed by atoms with E-state index in [0.717, 1.165) is 29.2 Å². The molecule has 4 heteroatoms. The summed E-state index contributed by atoms with van der Waals surface area (Å²) in [5, 5.41) is 2.87. The van der Waals surface area contributed by atoms with E-state index in [-0.39, 0.29) is 5.91 Å². The van der Waals surface area contributed by atoms with E-state index >= 15 is 0 Å². The van der Waals surface area contributed by atoms with Gasteiger partial charge in [-0.1, -0.05) is 29.8 Å². The number of hydrogen-bond donors (Lipinski definition) is 1. The van der Waals surface area contributed by atoms with Crippen molar-refractivity contribution in [3.63, 3.8) is 0 Å². The number of carbonyl (C=O) groups excluding carboxylic acids is 1. The van der Waals surface area contributed by atoms with Gasteiger partial charge in [0.25, 0.3) is 5.91 Å². The number of nitrogens with zero attached hydrogens (tertiary/aromatic N) is 2. The molecule has 3 rings (SSSR count). The Morgan fingerprint density at radius 2 is 1.73 bits per heavy atom.